The van der Waals surface area contributed by atoms with Crippen molar-refractivity contribution in [1.29, 1.82) is 0 Å². The smallest absolute Gasteiger partial charge is 0.242 e. The second kappa shape index (κ2) is 4.72. The fraction of sp³-hybridized carbons (Fsp3) is 0.438. The number of aryl methyl sites for hydroxylation is 1. The molecule has 0 radical (unpaired) electrons. The van der Waals surface area contributed by atoms with Gasteiger partial charge in [-0.3, -0.25) is 4.79 Å². The first-order chi connectivity index (χ1) is 9.16. The molecule has 0 spiro atoms. The Morgan fingerprint density at radius 1 is 1.37 bits per heavy atom. The summed E-state index contributed by atoms with van der Waals surface area (Å²) < 4.78 is 2.13. The van der Waals surface area contributed by atoms with Gasteiger partial charge in [-0.2, -0.15) is 0 Å². The van der Waals surface area contributed by atoms with E-state index in [0.717, 1.165) is 30.6 Å². The number of amides is 1. The van der Waals surface area contributed by atoms with Gasteiger partial charge in [0.05, 0.1) is 0 Å². The zero-order valence-corrected chi connectivity index (χ0v) is 11.6. The van der Waals surface area contributed by atoms with Crippen molar-refractivity contribution >= 4 is 16.8 Å². The molecule has 3 heteroatoms. The summed E-state index contributed by atoms with van der Waals surface area (Å²) in [5.74, 6) is 0.245. The molecule has 3 nitrogen and oxygen atoms in total. The lowest BCUT2D eigenvalue weighted by molar-refractivity contribution is -0.132. The molecule has 100 valence electrons. The molecule has 1 atom stereocenters. The van der Waals surface area contributed by atoms with Gasteiger partial charge in [0, 0.05) is 23.8 Å². The number of rotatable bonds is 2. The van der Waals surface area contributed by atoms with E-state index in [1.165, 1.54) is 5.39 Å². The van der Waals surface area contributed by atoms with Crippen LogP contribution in [0.4, 0.5) is 0 Å². The second-order valence-electron chi connectivity index (χ2n) is 5.51. The van der Waals surface area contributed by atoms with Crippen LogP contribution in [0.5, 0.6) is 0 Å². The predicted octanol–water partition coefficient (Wildman–Crippen LogP) is 2.96. The number of likely N-dealkylation sites (tertiary alicyclic amines) is 1. The molecule has 1 saturated heterocycles. The fourth-order valence-corrected chi connectivity index (χ4v) is 3.09. The summed E-state index contributed by atoms with van der Waals surface area (Å²) >= 11 is 0. The van der Waals surface area contributed by atoms with Gasteiger partial charge < -0.3 is 9.47 Å². The lowest BCUT2D eigenvalue weighted by Crippen LogP contribution is -2.36. The number of hydrogen-bond acceptors (Lipinski definition) is 1. The zero-order valence-electron chi connectivity index (χ0n) is 11.6. The number of nitrogens with zero attached hydrogens (tertiary/aromatic N) is 2. The maximum atomic E-state index is 12.4. The van der Waals surface area contributed by atoms with Crippen molar-refractivity contribution < 1.29 is 4.79 Å². The van der Waals surface area contributed by atoms with Crippen molar-refractivity contribution in [3.8, 4) is 0 Å². The highest BCUT2D eigenvalue weighted by Gasteiger charge is 2.25. The maximum Gasteiger partial charge on any atom is 0.242 e. The second-order valence-corrected chi connectivity index (χ2v) is 5.51. The molecule has 0 N–H and O–H groups in total. The summed E-state index contributed by atoms with van der Waals surface area (Å²) in [6.07, 6.45) is 2.27. The summed E-state index contributed by atoms with van der Waals surface area (Å²) in [6.45, 7) is 5.59. The van der Waals surface area contributed by atoms with Crippen molar-refractivity contribution in [3.05, 3.63) is 36.0 Å². The summed E-state index contributed by atoms with van der Waals surface area (Å²) in [7, 11) is 0. The maximum absolute atomic E-state index is 12.4. The molecule has 0 saturated carbocycles. The number of benzene rings is 1. The molecule has 2 heterocycles. The molecule has 1 amide bonds. The van der Waals surface area contributed by atoms with Gasteiger partial charge in [0.15, 0.2) is 0 Å². The quantitative estimate of drug-likeness (QED) is 0.811. The molecule has 1 unspecified atom stereocenters. The summed E-state index contributed by atoms with van der Waals surface area (Å²) in [6, 6.07) is 10.8. The monoisotopic (exact) mass is 256 g/mol. The largest absolute Gasteiger partial charge is 0.338 e. The standard InChI is InChI=1S/C16H20N2O/c1-12-6-5-9-17(12)16(19)11-18-13(2)10-14-7-3-4-8-15(14)18/h3-4,7-8,10,12H,5-6,9,11H2,1-2H3. The van der Waals surface area contributed by atoms with Gasteiger partial charge in [0.1, 0.15) is 6.54 Å². The Morgan fingerprint density at radius 2 is 2.16 bits per heavy atom. The number of aromatic nitrogens is 1. The average Bonchev–Trinajstić information content (AvgIpc) is 2.94. The third-order valence-electron chi connectivity index (χ3n) is 4.18. The van der Waals surface area contributed by atoms with E-state index in [9.17, 15) is 4.79 Å². The molecule has 1 aromatic carbocycles. The first-order valence-corrected chi connectivity index (χ1v) is 7.01. The van der Waals surface area contributed by atoms with Gasteiger partial charge >= 0.3 is 0 Å². The third-order valence-corrected chi connectivity index (χ3v) is 4.18. The van der Waals surface area contributed by atoms with E-state index >= 15 is 0 Å². The van der Waals surface area contributed by atoms with Crippen molar-refractivity contribution in [2.75, 3.05) is 6.54 Å². The van der Waals surface area contributed by atoms with Gasteiger partial charge in [0.25, 0.3) is 0 Å². The minimum absolute atomic E-state index is 0.245. The molecule has 3 rings (SSSR count). The normalized spacial score (nSPS) is 19.3. The number of para-hydroxylation sites is 1. The van der Waals surface area contributed by atoms with Gasteiger partial charge in [-0.05, 0) is 44.2 Å². The molecular formula is C16H20N2O. The highest BCUT2D eigenvalue weighted by Crippen LogP contribution is 2.21. The Bertz CT molecular complexity index is 614. The van der Waals surface area contributed by atoms with Gasteiger partial charge in [-0.25, -0.2) is 0 Å². The molecular weight excluding hydrogens is 236 g/mol. The molecule has 1 aliphatic rings. The number of carbonyl (C=O) groups excluding carboxylic acids is 1. The molecule has 0 aliphatic carbocycles. The van der Waals surface area contributed by atoms with Crippen molar-refractivity contribution in [2.45, 2.75) is 39.3 Å². The van der Waals surface area contributed by atoms with Gasteiger partial charge in [-0.15, -0.1) is 0 Å². The van der Waals surface area contributed by atoms with E-state index in [-0.39, 0.29) is 5.91 Å². The lowest BCUT2D eigenvalue weighted by atomic mass is 10.2. The molecule has 1 aliphatic heterocycles. The van der Waals surface area contributed by atoms with Crippen LogP contribution in [0.1, 0.15) is 25.5 Å². The van der Waals surface area contributed by atoms with Crippen LogP contribution in [0.2, 0.25) is 0 Å². The number of hydrogen-bond donors (Lipinski definition) is 0. The van der Waals surface area contributed by atoms with Crippen LogP contribution in [0, 0.1) is 6.92 Å². The van der Waals surface area contributed by atoms with Crippen LogP contribution in [-0.4, -0.2) is 28.0 Å². The topological polar surface area (TPSA) is 25.2 Å². The highest BCUT2D eigenvalue weighted by molar-refractivity contribution is 5.84. The number of carbonyl (C=O) groups is 1. The summed E-state index contributed by atoms with van der Waals surface area (Å²) in [5.41, 5.74) is 2.31. The van der Waals surface area contributed by atoms with Crippen LogP contribution >= 0.6 is 0 Å². The molecule has 1 aromatic heterocycles. The molecule has 0 bridgehead atoms. The van der Waals surface area contributed by atoms with E-state index in [0.29, 0.717) is 12.6 Å². The van der Waals surface area contributed by atoms with E-state index in [1.54, 1.807) is 0 Å². The molecule has 2 aromatic rings. The van der Waals surface area contributed by atoms with Crippen molar-refractivity contribution in [1.82, 2.24) is 9.47 Å². The van der Waals surface area contributed by atoms with Gasteiger partial charge in [0.2, 0.25) is 5.91 Å². The minimum atomic E-state index is 0.245. The Kier molecular flexibility index (Phi) is 3.05. The lowest BCUT2D eigenvalue weighted by Gasteiger charge is -2.22. The Hall–Kier alpha value is -1.77. The fourth-order valence-electron chi connectivity index (χ4n) is 3.09. The van der Waals surface area contributed by atoms with E-state index in [2.05, 4.69) is 36.6 Å². The van der Waals surface area contributed by atoms with Gasteiger partial charge in [-0.1, -0.05) is 18.2 Å². The van der Waals surface area contributed by atoms with E-state index in [1.807, 2.05) is 17.0 Å². The molecule has 19 heavy (non-hydrogen) atoms. The zero-order chi connectivity index (χ0) is 13.4. The first-order valence-electron chi connectivity index (χ1n) is 7.01. The van der Waals surface area contributed by atoms with Crippen LogP contribution in [-0.2, 0) is 11.3 Å². The Morgan fingerprint density at radius 3 is 2.89 bits per heavy atom. The Labute approximate surface area is 113 Å². The SMILES string of the molecule is Cc1cc2ccccc2n1CC(=O)N1CCCC1C. The van der Waals surface area contributed by atoms with Crippen LogP contribution in [0.25, 0.3) is 10.9 Å². The predicted molar refractivity (Wildman–Crippen MR) is 77.1 cm³/mol. The third kappa shape index (κ3) is 2.14. The first kappa shape index (κ1) is 12.3. The van der Waals surface area contributed by atoms with Crippen LogP contribution in [0.3, 0.4) is 0 Å². The minimum Gasteiger partial charge on any atom is -0.338 e. The highest BCUT2D eigenvalue weighted by atomic mass is 16.2. The molecule has 1 fully saturated rings. The Balaban J connectivity index is 1.89. The number of fused-ring (bicyclic) bond motifs is 1. The van der Waals surface area contributed by atoms with Crippen molar-refractivity contribution in [3.63, 3.8) is 0 Å². The van der Waals surface area contributed by atoms with E-state index in [4.69, 9.17) is 0 Å². The summed E-state index contributed by atoms with van der Waals surface area (Å²) in [4.78, 5) is 14.4. The van der Waals surface area contributed by atoms with Crippen LogP contribution < -0.4 is 0 Å². The van der Waals surface area contributed by atoms with Crippen molar-refractivity contribution in [2.24, 2.45) is 0 Å². The van der Waals surface area contributed by atoms with E-state index < -0.39 is 0 Å². The average molecular weight is 256 g/mol. The van der Waals surface area contributed by atoms with Crippen LogP contribution in [0.15, 0.2) is 30.3 Å². The summed E-state index contributed by atoms with van der Waals surface area (Å²) in [5, 5.41) is 1.21.